The van der Waals surface area contributed by atoms with E-state index in [0.717, 1.165) is 10.9 Å². The number of esters is 1. The Bertz CT molecular complexity index is 909. The molecule has 0 aliphatic carbocycles. The minimum absolute atomic E-state index is 0.253. The average molecular weight is 337 g/mol. The van der Waals surface area contributed by atoms with Crippen molar-refractivity contribution in [3.63, 3.8) is 0 Å². The molecule has 25 heavy (non-hydrogen) atoms. The molecule has 0 aliphatic heterocycles. The summed E-state index contributed by atoms with van der Waals surface area (Å²) in [4.78, 5) is 24.5. The summed E-state index contributed by atoms with van der Waals surface area (Å²) < 4.78 is 12.4. The van der Waals surface area contributed by atoms with Crippen molar-refractivity contribution in [2.24, 2.45) is 7.05 Å². The predicted octanol–water partition coefficient (Wildman–Crippen LogP) is 3.62. The number of aromatic nitrogens is 1. The Morgan fingerprint density at radius 2 is 1.76 bits per heavy atom. The quantitative estimate of drug-likeness (QED) is 0.509. The van der Waals surface area contributed by atoms with Crippen LogP contribution in [0.15, 0.2) is 54.7 Å². The van der Waals surface area contributed by atoms with Crippen molar-refractivity contribution in [1.29, 1.82) is 0 Å². The highest BCUT2D eigenvalue weighted by molar-refractivity contribution is 6.05. The average Bonchev–Trinajstić information content (AvgIpc) is 2.98. The van der Waals surface area contributed by atoms with E-state index in [4.69, 9.17) is 9.47 Å². The van der Waals surface area contributed by atoms with Gasteiger partial charge in [-0.15, -0.1) is 0 Å². The fourth-order valence-electron chi connectivity index (χ4n) is 2.70. The molecule has 0 fully saturated rings. The second-order valence-corrected chi connectivity index (χ2v) is 5.63. The van der Waals surface area contributed by atoms with Crippen LogP contribution in [0.25, 0.3) is 10.9 Å². The lowest BCUT2D eigenvalue weighted by atomic mass is 10.1. The number of hydrogen-bond donors (Lipinski definition) is 0. The zero-order valence-corrected chi connectivity index (χ0v) is 14.2. The van der Waals surface area contributed by atoms with E-state index in [-0.39, 0.29) is 12.4 Å². The van der Waals surface area contributed by atoms with Crippen molar-refractivity contribution in [3.8, 4) is 5.75 Å². The summed E-state index contributed by atoms with van der Waals surface area (Å²) in [6, 6.07) is 14.3. The number of carbonyl (C=O) groups excluding carboxylic acids is 2. The molecule has 1 heterocycles. The fourth-order valence-corrected chi connectivity index (χ4v) is 2.70. The molecular formula is C20H19NO4. The Balaban J connectivity index is 1.68. The predicted molar refractivity (Wildman–Crippen MR) is 95.1 cm³/mol. The van der Waals surface area contributed by atoms with Crippen LogP contribution in [0.4, 0.5) is 0 Å². The van der Waals surface area contributed by atoms with Crippen molar-refractivity contribution in [2.75, 3.05) is 13.2 Å². The minimum Gasteiger partial charge on any atom is -0.494 e. The maximum atomic E-state index is 12.3. The van der Waals surface area contributed by atoms with Gasteiger partial charge in [0.05, 0.1) is 12.2 Å². The zero-order valence-electron chi connectivity index (χ0n) is 14.2. The number of rotatable bonds is 6. The first-order valence-electron chi connectivity index (χ1n) is 8.07. The third-order valence-corrected chi connectivity index (χ3v) is 3.94. The molecule has 0 spiro atoms. The number of aryl methyl sites for hydroxylation is 1. The molecule has 5 nitrogen and oxygen atoms in total. The first kappa shape index (κ1) is 16.8. The minimum atomic E-state index is -0.504. The van der Waals surface area contributed by atoms with Crippen molar-refractivity contribution < 1.29 is 19.1 Å². The molecule has 0 unspecified atom stereocenters. The van der Waals surface area contributed by atoms with Crippen LogP contribution >= 0.6 is 0 Å². The van der Waals surface area contributed by atoms with E-state index in [9.17, 15) is 9.59 Å². The second kappa shape index (κ2) is 7.21. The van der Waals surface area contributed by atoms with Gasteiger partial charge >= 0.3 is 5.97 Å². The van der Waals surface area contributed by atoms with Crippen LogP contribution in [-0.4, -0.2) is 29.5 Å². The van der Waals surface area contributed by atoms with Crippen LogP contribution in [0.1, 0.15) is 27.6 Å². The number of Topliss-reactive ketones (excluding diaryl/α,β-unsaturated/α-hetero) is 1. The lowest BCUT2D eigenvalue weighted by molar-refractivity contribution is 0.0476. The first-order valence-corrected chi connectivity index (χ1v) is 8.07. The third kappa shape index (κ3) is 3.55. The topological polar surface area (TPSA) is 57.5 Å². The summed E-state index contributed by atoms with van der Waals surface area (Å²) in [6.07, 6.45) is 1.72. The molecule has 0 amide bonds. The van der Waals surface area contributed by atoms with Gasteiger partial charge in [-0.2, -0.15) is 0 Å². The highest BCUT2D eigenvalue weighted by Gasteiger charge is 2.16. The first-order chi connectivity index (χ1) is 12.1. The molecule has 0 bridgehead atoms. The molecule has 0 N–H and O–H groups in total. The second-order valence-electron chi connectivity index (χ2n) is 5.63. The Labute approximate surface area is 145 Å². The van der Waals surface area contributed by atoms with E-state index in [0.29, 0.717) is 23.5 Å². The third-order valence-electron chi connectivity index (χ3n) is 3.94. The molecular weight excluding hydrogens is 318 g/mol. The number of ether oxygens (including phenoxy) is 2. The van der Waals surface area contributed by atoms with Crippen molar-refractivity contribution in [2.45, 2.75) is 6.92 Å². The molecule has 3 rings (SSSR count). The summed E-state index contributed by atoms with van der Waals surface area (Å²) >= 11 is 0. The van der Waals surface area contributed by atoms with Crippen LogP contribution in [0.5, 0.6) is 5.75 Å². The molecule has 2 aromatic carbocycles. The number of carbonyl (C=O) groups is 2. The Morgan fingerprint density at radius 3 is 2.48 bits per heavy atom. The van der Waals surface area contributed by atoms with Gasteiger partial charge in [0.2, 0.25) is 0 Å². The molecule has 5 heteroatoms. The van der Waals surface area contributed by atoms with E-state index >= 15 is 0 Å². The standard InChI is InChI=1S/C20H19NO4/c1-3-24-15-10-8-14(9-11-15)19(22)13-25-20(23)17-12-21(2)18-7-5-4-6-16(17)18/h4-12H,3,13H2,1-2H3. The van der Waals surface area contributed by atoms with Gasteiger partial charge in [0.1, 0.15) is 5.75 Å². The lowest BCUT2D eigenvalue weighted by Crippen LogP contribution is -2.14. The van der Waals surface area contributed by atoms with Crippen LogP contribution in [0.3, 0.4) is 0 Å². The van der Waals surface area contributed by atoms with Crippen molar-refractivity contribution in [3.05, 3.63) is 65.9 Å². The summed E-state index contributed by atoms with van der Waals surface area (Å²) in [5, 5.41) is 0.809. The van der Waals surface area contributed by atoms with Crippen LogP contribution in [-0.2, 0) is 11.8 Å². The normalized spacial score (nSPS) is 10.6. The van der Waals surface area contributed by atoms with Gasteiger partial charge in [-0.25, -0.2) is 4.79 Å². The number of fused-ring (bicyclic) bond motifs is 1. The summed E-state index contributed by atoms with van der Waals surface area (Å²) in [6.45, 7) is 2.16. The molecule has 0 saturated carbocycles. The van der Waals surface area contributed by atoms with Crippen molar-refractivity contribution >= 4 is 22.7 Å². The molecule has 0 aliphatic rings. The van der Waals surface area contributed by atoms with Crippen LogP contribution in [0, 0.1) is 0 Å². The van der Waals surface area contributed by atoms with Gasteiger partial charge in [-0.1, -0.05) is 18.2 Å². The SMILES string of the molecule is CCOc1ccc(C(=O)COC(=O)c2cn(C)c3ccccc23)cc1. The van der Waals surface area contributed by atoms with E-state index in [1.807, 2.05) is 42.8 Å². The highest BCUT2D eigenvalue weighted by Crippen LogP contribution is 2.21. The number of ketones is 1. The molecule has 0 atom stereocenters. The number of para-hydroxylation sites is 1. The number of nitrogens with zero attached hydrogens (tertiary/aromatic N) is 1. The largest absolute Gasteiger partial charge is 0.494 e. The Hall–Kier alpha value is -3.08. The highest BCUT2D eigenvalue weighted by atomic mass is 16.5. The Kier molecular flexibility index (Phi) is 4.84. The van der Waals surface area contributed by atoms with E-state index in [1.54, 1.807) is 30.5 Å². The van der Waals surface area contributed by atoms with Gasteiger partial charge < -0.3 is 14.0 Å². The Morgan fingerprint density at radius 1 is 1.04 bits per heavy atom. The summed E-state index contributed by atoms with van der Waals surface area (Å²) in [7, 11) is 1.87. The van der Waals surface area contributed by atoms with Gasteiger partial charge in [0.25, 0.3) is 0 Å². The molecule has 3 aromatic rings. The maximum absolute atomic E-state index is 12.3. The summed E-state index contributed by atoms with van der Waals surface area (Å²) in [5.74, 6) is -0.0560. The molecule has 128 valence electrons. The van der Waals surface area contributed by atoms with Crippen LogP contribution < -0.4 is 4.74 Å². The number of hydrogen-bond acceptors (Lipinski definition) is 4. The zero-order chi connectivity index (χ0) is 17.8. The van der Waals surface area contributed by atoms with Crippen molar-refractivity contribution in [1.82, 2.24) is 4.57 Å². The molecule has 1 aromatic heterocycles. The smallest absolute Gasteiger partial charge is 0.340 e. The summed E-state index contributed by atoms with van der Waals surface area (Å²) in [5.41, 5.74) is 1.87. The van der Waals surface area contributed by atoms with Gasteiger partial charge in [-0.05, 0) is 37.3 Å². The maximum Gasteiger partial charge on any atom is 0.340 e. The van der Waals surface area contributed by atoms with Gasteiger partial charge in [0, 0.05) is 29.7 Å². The van der Waals surface area contributed by atoms with E-state index < -0.39 is 5.97 Å². The molecule has 0 radical (unpaired) electrons. The monoisotopic (exact) mass is 337 g/mol. The lowest BCUT2D eigenvalue weighted by Gasteiger charge is -2.06. The van der Waals surface area contributed by atoms with Gasteiger partial charge in [-0.3, -0.25) is 4.79 Å². The van der Waals surface area contributed by atoms with Gasteiger partial charge in [0.15, 0.2) is 12.4 Å². The molecule has 0 saturated heterocycles. The number of benzene rings is 2. The van der Waals surface area contributed by atoms with E-state index in [2.05, 4.69) is 0 Å². The van der Waals surface area contributed by atoms with E-state index in [1.165, 1.54) is 0 Å². The van der Waals surface area contributed by atoms with Crippen LogP contribution in [0.2, 0.25) is 0 Å². The fraction of sp³-hybridized carbons (Fsp3) is 0.200.